The van der Waals surface area contributed by atoms with Crippen molar-refractivity contribution in [1.29, 1.82) is 0 Å². The zero-order valence-electron chi connectivity index (χ0n) is 72.5. The first kappa shape index (κ1) is 67.7. The summed E-state index contributed by atoms with van der Waals surface area (Å²) < 4.78 is 51.6. The molecular formula is C97H104N15+. The Labute approximate surface area is 669 Å². The molecule has 1 saturated carbocycles. The quantitative estimate of drug-likeness (QED) is 0.135. The number of hydrogen-bond donors (Lipinski definition) is 0. The first-order valence-electron chi connectivity index (χ1n) is 42.1. The van der Waals surface area contributed by atoms with Crippen molar-refractivity contribution in [2.75, 3.05) is 43.4 Å². The van der Waals surface area contributed by atoms with E-state index in [0.717, 1.165) is 72.3 Å². The van der Waals surface area contributed by atoms with Crippen molar-refractivity contribution in [2.24, 2.45) is 7.05 Å². The normalized spacial score (nSPS) is 18.4. The third-order valence-electron chi connectivity index (χ3n) is 23.4. The smallest absolute Gasteiger partial charge is 0.309 e. The number of anilines is 6. The van der Waals surface area contributed by atoms with E-state index < -0.39 is 13.8 Å². The van der Waals surface area contributed by atoms with Gasteiger partial charge in [-0.25, -0.2) is 14.1 Å². The summed E-state index contributed by atoms with van der Waals surface area (Å²) in [6.45, 7) is 18.9. The number of para-hydroxylation sites is 4. The van der Waals surface area contributed by atoms with Gasteiger partial charge >= 0.3 is 5.82 Å². The molecule has 0 bridgehead atoms. The van der Waals surface area contributed by atoms with Crippen LogP contribution in [0.3, 0.4) is 0 Å². The summed E-state index contributed by atoms with van der Waals surface area (Å²) in [5.74, 6) is 1.24. The Morgan fingerprint density at radius 1 is 0.420 bits per heavy atom. The number of rotatable bonds is 8. The number of fused-ring (bicyclic) bond motifs is 6. The van der Waals surface area contributed by atoms with Crippen LogP contribution < -0.4 is 34.0 Å². The number of aromatic nitrogens is 7. The van der Waals surface area contributed by atoms with Crippen molar-refractivity contribution in [3.05, 3.63) is 313 Å². The molecule has 0 N–H and O–H groups in total. The van der Waals surface area contributed by atoms with E-state index in [1.54, 1.807) is 24.7 Å². The van der Waals surface area contributed by atoms with Crippen LogP contribution in [-0.2, 0) is 7.05 Å². The molecule has 0 unspecified atom stereocenters. The molecule has 5 aliphatic rings. The molecule has 6 aromatic heterocycles. The van der Waals surface area contributed by atoms with E-state index in [0.29, 0.717) is 17.8 Å². The molecule has 0 spiro atoms. The van der Waals surface area contributed by atoms with Crippen LogP contribution in [0.25, 0.3) is 76.7 Å². The predicted molar refractivity (Wildman–Crippen MR) is 468 cm³/mol. The maximum atomic E-state index is 7.99. The van der Waals surface area contributed by atoms with Gasteiger partial charge in [0.1, 0.15) is 30.7 Å². The number of imidazole rings is 1. The molecule has 19 rings (SSSR count). The Bertz CT molecular complexity index is 6170. The molecule has 10 heterocycles. The summed E-state index contributed by atoms with van der Waals surface area (Å²) in [6, 6.07) is 63.0. The first-order chi connectivity index (χ1) is 56.8. The summed E-state index contributed by atoms with van der Waals surface area (Å²) >= 11 is 0. The van der Waals surface area contributed by atoms with Gasteiger partial charge in [0.15, 0.2) is 16.7 Å². The van der Waals surface area contributed by atoms with Crippen LogP contribution in [-0.4, -0.2) is 78.0 Å². The van der Waals surface area contributed by atoms with Crippen molar-refractivity contribution in [3.8, 4) is 11.5 Å². The van der Waals surface area contributed by atoms with Gasteiger partial charge in [-0.15, -0.1) is 0 Å². The van der Waals surface area contributed by atoms with E-state index >= 15 is 0 Å². The van der Waals surface area contributed by atoms with Crippen molar-refractivity contribution in [3.63, 3.8) is 0 Å². The lowest BCUT2D eigenvalue weighted by Gasteiger charge is -2.33. The Kier molecular flexibility index (Phi) is 19.5. The Morgan fingerprint density at radius 2 is 1.01 bits per heavy atom. The lowest BCUT2D eigenvalue weighted by molar-refractivity contribution is -0.634. The van der Waals surface area contributed by atoms with Gasteiger partial charge in [-0.3, -0.25) is 19.9 Å². The fourth-order valence-corrected chi connectivity index (χ4v) is 17.0. The summed E-state index contributed by atoms with van der Waals surface area (Å²) in [4.78, 5) is 39.1. The summed E-state index contributed by atoms with van der Waals surface area (Å²) in [7, 11) is 4.28. The average Bonchev–Trinajstić information content (AvgIpc) is 1.61. The summed E-state index contributed by atoms with van der Waals surface area (Å²) in [6.07, 6.45) is 34.0. The lowest BCUT2D eigenvalue weighted by atomic mass is 9.94. The van der Waals surface area contributed by atoms with Crippen LogP contribution >= 0.6 is 0 Å². The van der Waals surface area contributed by atoms with Crippen molar-refractivity contribution in [2.45, 2.75) is 146 Å². The molecule has 15 heteroatoms. The Balaban J connectivity index is 0.000000116. The van der Waals surface area contributed by atoms with Crippen LogP contribution in [0.15, 0.2) is 274 Å². The number of hydrogen-bond acceptors (Lipinski definition) is 13. The fraction of sp³-hybridized carbons (Fsp3) is 0.258. The molecule has 15 nitrogen and oxygen atoms in total. The van der Waals surface area contributed by atoms with Crippen molar-refractivity contribution >= 4 is 99.3 Å². The summed E-state index contributed by atoms with van der Waals surface area (Å²) in [5, 5.41) is 9.49. The second-order valence-electron chi connectivity index (χ2n) is 30.0. The van der Waals surface area contributed by atoms with Gasteiger partial charge in [-0.05, 0) is 243 Å². The first-order valence-corrected chi connectivity index (χ1v) is 39.1. The molecule has 4 atom stereocenters. The minimum Gasteiger partial charge on any atom is -0.359 e. The molecule has 8 aromatic carbocycles. The minimum atomic E-state index is -2.17. The van der Waals surface area contributed by atoms with Gasteiger partial charge in [0, 0.05) is 176 Å². The molecular weight excluding hydrogens is 1380 g/mol. The monoisotopic (exact) mass is 1480 g/mol. The number of benzene rings is 8. The maximum absolute atomic E-state index is 7.99. The zero-order chi connectivity index (χ0) is 83.0. The van der Waals surface area contributed by atoms with Crippen LogP contribution in [0.2, 0.25) is 0 Å². The molecule has 566 valence electrons. The molecule has 0 radical (unpaired) electrons. The topological polar surface area (TPSA) is 99.2 Å². The van der Waals surface area contributed by atoms with Crippen LogP contribution in [0, 0.1) is 48.4 Å². The Morgan fingerprint density at radius 3 is 1.78 bits per heavy atom. The van der Waals surface area contributed by atoms with E-state index in [1.807, 2.05) is 117 Å². The van der Waals surface area contributed by atoms with Crippen LogP contribution in [0.5, 0.6) is 0 Å². The highest BCUT2D eigenvalue weighted by Crippen LogP contribution is 2.42. The number of allylic oxidation sites excluding steroid dienone is 1. The van der Waals surface area contributed by atoms with Crippen LogP contribution in [0.4, 0.5) is 34.1 Å². The van der Waals surface area contributed by atoms with Gasteiger partial charge in [0.05, 0.1) is 18.1 Å². The Hall–Kier alpha value is -12.4. The van der Waals surface area contributed by atoms with E-state index in [1.165, 1.54) is 115 Å². The summed E-state index contributed by atoms with van der Waals surface area (Å²) in [5.41, 5.74) is 20.8. The van der Waals surface area contributed by atoms with Crippen molar-refractivity contribution < 1.29 is 12.8 Å². The minimum absolute atomic E-state index is 0.0509. The molecule has 0 amide bonds. The maximum Gasteiger partial charge on any atom is 0.309 e. The third-order valence-corrected chi connectivity index (χ3v) is 23.4. The van der Waals surface area contributed by atoms with Gasteiger partial charge in [0.25, 0.3) is 0 Å². The van der Waals surface area contributed by atoms with Crippen LogP contribution in [0.1, 0.15) is 120 Å². The molecule has 1 fully saturated rings. The van der Waals surface area contributed by atoms with Gasteiger partial charge in [0.2, 0.25) is 0 Å². The van der Waals surface area contributed by atoms with Gasteiger partial charge < -0.3 is 39.2 Å². The van der Waals surface area contributed by atoms with Gasteiger partial charge in [-0.1, -0.05) is 110 Å². The van der Waals surface area contributed by atoms with E-state index in [2.05, 4.69) is 280 Å². The zero-order valence-corrected chi connectivity index (χ0v) is 66.5. The lowest BCUT2D eigenvalue weighted by Crippen LogP contribution is -2.38. The number of nitrogens with zero attached hydrogens (tertiary/aromatic N) is 15. The average molecular weight is 1490 g/mol. The second-order valence-corrected chi connectivity index (χ2v) is 30.0. The fourth-order valence-electron chi connectivity index (χ4n) is 17.0. The third kappa shape index (κ3) is 14.4. The van der Waals surface area contributed by atoms with Gasteiger partial charge in [-0.2, -0.15) is 0 Å². The molecule has 4 aliphatic heterocycles. The van der Waals surface area contributed by atoms with Crippen molar-refractivity contribution in [1.82, 2.24) is 39.3 Å². The second kappa shape index (κ2) is 32.3. The predicted octanol–water partition coefficient (Wildman–Crippen LogP) is 22.1. The highest BCUT2D eigenvalue weighted by Gasteiger charge is 2.35. The number of aryl methyl sites for hydroxylation is 8. The molecule has 1 aliphatic carbocycles. The SMILES string of the molecule is Cc1c(-c2n(C3CCCCC3)c3ccccc3[n+]2C)ncc2ccccc12.Cc1c(N2C=CN(C)[C@@H]2C)ccc2cccnc12.Cc1c(N2C=CN(c3ccccc3)[C@@H]2C)ccc2cnccc12.[2H]C([2H])([2H])N1C=CN(c2ccc3ccncc3c2C)[C@H]1C.[2H]C([2H])([2H])c1cccc(C)c1N1C=C(C)N(c2ccc3ncccc3c2C)[C@H]1C. The largest absolute Gasteiger partial charge is 0.359 e. The van der Waals surface area contributed by atoms with E-state index in [-0.39, 0.29) is 18.5 Å². The number of pyridine rings is 5. The van der Waals surface area contributed by atoms with E-state index in [9.17, 15) is 0 Å². The molecule has 112 heavy (non-hydrogen) atoms. The highest BCUT2D eigenvalue weighted by atomic mass is 15.4. The highest BCUT2D eigenvalue weighted by molar-refractivity contribution is 5.93. The molecule has 0 saturated heterocycles. The molecule has 14 aromatic rings. The van der Waals surface area contributed by atoms with E-state index in [4.69, 9.17) is 13.2 Å². The standard InChI is InChI=1S/C24H26N3.C23H25N3.C20H19N3.2C15H17N3/c1-17-20-13-7-6-10-18(20)16-25-23(17)24-26(2)21-14-8-9-15-22(21)27(24)19-11-4-3-5-12-19;1-15-8-6-9-16(2)23(15)25-14-17(3)26(19(25)5)22-12-11-21-20(18(22)4)10-7-13-24-21;1-15-19-10-11-21-14-17(19)8-9-20(15)23-13-12-22(16(23)2)18-6-4-3-5-7-18;1-11-14-10-16-7-6-13(14)4-5-15(11)18-9-8-17(3)12(18)2;1-11-14(18-10-9-17(3)12(18)2)7-6-13-5-4-8-16-15(11)13/h6-10,13-16,19H,3-5,11-12H2,1-2H3;6-14,19H,1-5H3;3-14,16H,1-2H3;2*4-10,12H,1-3H3/q+1;;;;/t;19-;16-;2*12-/m.0000/s1/i;1D3;;3D3;.